The molecule has 0 radical (unpaired) electrons. The molecule has 1 fully saturated rings. The molecular weight excluding hydrogens is 303 g/mol. The lowest BCUT2D eigenvalue weighted by Gasteiger charge is -2.26. The Morgan fingerprint density at radius 3 is 3.05 bits per heavy atom. The van der Waals surface area contributed by atoms with Crippen LogP contribution < -0.4 is 0 Å². The molecular formula is C16H17FN2O2S. The topological polar surface area (TPSA) is 53.4 Å². The van der Waals surface area contributed by atoms with Crippen molar-refractivity contribution in [2.45, 2.75) is 31.4 Å². The number of nitrogens with zero attached hydrogens (tertiary/aromatic N) is 2. The molecule has 22 heavy (non-hydrogen) atoms. The van der Waals surface area contributed by atoms with Crippen molar-refractivity contribution in [3.63, 3.8) is 0 Å². The van der Waals surface area contributed by atoms with Crippen molar-refractivity contribution in [2.24, 2.45) is 0 Å². The van der Waals surface area contributed by atoms with E-state index >= 15 is 0 Å². The second-order valence-corrected chi connectivity index (χ2v) is 6.40. The third-order valence-electron chi connectivity index (χ3n) is 3.95. The van der Waals surface area contributed by atoms with Crippen LogP contribution in [0.3, 0.4) is 0 Å². The molecule has 1 amide bonds. The molecule has 0 aliphatic carbocycles. The predicted molar refractivity (Wildman–Crippen MR) is 82.1 cm³/mol. The van der Waals surface area contributed by atoms with Gasteiger partial charge in [0.2, 0.25) is 0 Å². The van der Waals surface area contributed by atoms with E-state index in [1.807, 2.05) is 17.5 Å². The molecule has 116 valence electrons. The highest BCUT2D eigenvalue weighted by Gasteiger charge is 2.32. The van der Waals surface area contributed by atoms with Crippen molar-refractivity contribution in [1.82, 2.24) is 9.88 Å². The highest BCUT2D eigenvalue weighted by Crippen LogP contribution is 2.30. The Bertz CT molecular complexity index is 630. The molecule has 2 aromatic heterocycles. The number of carbonyl (C=O) groups is 1. The van der Waals surface area contributed by atoms with Gasteiger partial charge < -0.3 is 10.0 Å². The summed E-state index contributed by atoms with van der Waals surface area (Å²) < 4.78 is 12.9. The predicted octanol–water partition coefficient (Wildman–Crippen LogP) is 3.01. The fourth-order valence-corrected chi connectivity index (χ4v) is 3.58. The van der Waals surface area contributed by atoms with Gasteiger partial charge in [0, 0.05) is 17.5 Å². The standard InChI is InChI=1S/C16H17FN2O2S/c17-11-5-6-13(18-10-11)16(21)19-7-1-3-12(19)9-14(20)15-4-2-8-22-15/h2,4-6,8,10,12,14,20H,1,3,7,9H2. The number of hydrogen-bond acceptors (Lipinski definition) is 4. The molecule has 2 unspecified atom stereocenters. The van der Waals surface area contributed by atoms with Gasteiger partial charge in [-0.1, -0.05) is 6.07 Å². The summed E-state index contributed by atoms with van der Waals surface area (Å²) in [6.45, 7) is 0.652. The van der Waals surface area contributed by atoms with Gasteiger partial charge in [0.05, 0.1) is 12.3 Å². The second kappa shape index (κ2) is 6.54. The van der Waals surface area contributed by atoms with Gasteiger partial charge in [0.15, 0.2) is 0 Å². The van der Waals surface area contributed by atoms with E-state index in [4.69, 9.17) is 0 Å². The first-order chi connectivity index (χ1) is 10.6. The van der Waals surface area contributed by atoms with Crippen LogP contribution in [-0.4, -0.2) is 33.5 Å². The number of likely N-dealkylation sites (tertiary alicyclic amines) is 1. The van der Waals surface area contributed by atoms with Crippen molar-refractivity contribution >= 4 is 17.2 Å². The van der Waals surface area contributed by atoms with Gasteiger partial charge in [0.1, 0.15) is 11.5 Å². The number of aliphatic hydroxyl groups excluding tert-OH is 1. The molecule has 1 N–H and O–H groups in total. The van der Waals surface area contributed by atoms with Crippen LogP contribution in [-0.2, 0) is 0 Å². The van der Waals surface area contributed by atoms with Crippen LogP contribution in [0.2, 0.25) is 0 Å². The minimum absolute atomic E-state index is 0.00328. The van der Waals surface area contributed by atoms with Crippen molar-refractivity contribution in [3.8, 4) is 0 Å². The fourth-order valence-electron chi connectivity index (χ4n) is 2.85. The molecule has 3 heterocycles. The SMILES string of the molecule is O=C(c1ccc(F)cn1)N1CCCC1CC(O)c1cccs1. The van der Waals surface area contributed by atoms with Gasteiger partial charge in [-0.2, -0.15) is 0 Å². The van der Waals surface area contributed by atoms with Crippen molar-refractivity contribution in [3.05, 3.63) is 52.2 Å². The first-order valence-corrected chi connectivity index (χ1v) is 8.17. The number of aliphatic hydroxyl groups is 1. The zero-order valence-electron chi connectivity index (χ0n) is 12.0. The van der Waals surface area contributed by atoms with Crippen LogP contribution in [0.1, 0.15) is 40.7 Å². The minimum Gasteiger partial charge on any atom is -0.387 e. The summed E-state index contributed by atoms with van der Waals surface area (Å²) in [5.74, 6) is -0.650. The average Bonchev–Trinajstić information content (AvgIpc) is 3.18. The largest absolute Gasteiger partial charge is 0.387 e. The lowest BCUT2D eigenvalue weighted by Crippen LogP contribution is -2.36. The summed E-state index contributed by atoms with van der Waals surface area (Å²) in [6.07, 6.45) is 2.80. The molecule has 6 heteroatoms. The summed E-state index contributed by atoms with van der Waals surface area (Å²) in [4.78, 5) is 19.0. The normalized spacial score (nSPS) is 19.4. The summed E-state index contributed by atoms with van der Waals surface area (Å²) in [6, 6.07) is 6.45. The highest BCUT2D eigenvalue weighted by molar-refractivity contribution is 7.10. The molecule has 2 aromatic rings. The van der Waals surface area contributed by atoms with E-state index in [0.717, 1.165) is 23.9 Å². The number of thiophene rings is 1. The Balaban J connectivity index is 1.70. The third-order valence-corrected chi connectivity index (χ3v) is 4.92. The number of pyridine rings is 1. The zero-order chi connectivity index (χ0) is 15.5. The maximum atomic E-state index is 12.9. The number of halogens is 1. The van der Waals surface area contributed by atoms with Gasteiger partial charge in [-0.05, 0) is 42.8 Å². The molecule has 0 aromatic carbocycles. The Kier molecular flexibility index (Phi) is 4.49. The van der Waals surface area contributed by atoms with E-state index in [-0.39, 0.29) is 17.6 Å². The van der Waals surface area contributed by atoms with Crippen LogP contribution in [0, 0.1) is 5.82 Å². The number of carbonyl (C=O) groups excluding carboxylic acids is 1. The molecule has 4 nitrogen and oxygen atoms in total. The number of hydrogen-bond donors (Lipinski definition) is 1. The molecule has 3 rings (SSSR count). The second-order valence-electron chi connectivity index (χ2n) is 5.42. The summed E-state index contributed by atoms with van der Waals surface area (Å²) >= 11 is 1.51. The number of rotatable bonds is 4. The Hall–Kier alpha value is -1.79. The van der Waals surface area contributed by atoms with Gasteiger partial charge in [-0.25, -0.2) is 9.37 Å². The monoisotopic (exact) mass is 320 g/mol. The first kappa shape index (κ1) is 15.1. The maximum Gasteiger partial charge on any atom is 0.272 e. The van der Waals surface area contributed by atoms with E-state index in [9.17, 15) is 14.3 Å². The minimum atomic E-state index is -0.556. The first-order valence-electron chi connectivity index (χ1n) is 7.29. The fraction of sp³-hybridized carbons (Fsp3) is 0.375. The Labute approximate surface area is 132 Å². The molecule has 1 aliphatic heterocycles. The molecule has 2 atom stereocenters. The van der Waals surface area contributed by atoms with Crippen LogP contribution >= 0.6 is 11.3 Å². The van der Waals surface area contributed by atoms with Crippen LogP contribution in [0.15, 0.2) is 35.8 Å². The number of amides is 1. The van der Waals surface area contributed by atoms with E-state index in [0.29, 0.717) is 13.0 Å². The average molecular weight is 320 g/mol. The van der Waals surface area contributed by atoms with Crippen molar-refractivity contribution in [1.29, 1.82) is 0 Å². The van der Waals surface area contributed by atoms with Crippen molar-refractivity contribution in [2.75, 3.05) is 6.54 Å². The summed E-state index contributed by atoms with van der Waals surface area (Å²) in [5, 5.41) is 12.2. The zero-order valence-corrected chi connectivity index (χ0v) is 12.8. The molecule has 1 saturated heterocycles. The van der Waals surface area contributed by atoms with Gasteiger partial charge in [-0.15, -0.1) is 11.3 Å². The van der Waals surface area contributed by atoms with Gasteiger partial charge in [-0.3, -0.25) is 4.79 Å². The molecule has 1 aliphatic rings. The summed E-state index contributed by atoms with van der Waals surface area (Å²) in [5.41, 5.74) is 0.249. The van der Waals surface area contributed by atoms with E-state index in [2.05, 4.69) is 4.98 Å². The molecule has 0 bridgehead atoms. The quantitative estimate of drug-likeness (QED) is 0.942. The van der Waals surface area contributed by atoms with Crippen LogP contribution in [0.4, 0.5) is 4.39 Å². The highest BCUT2D eigenvalue weighted by atomic mass is 32.1. The van der Waals surface area contributed by atoms with Gasteiger partial charge >= 0.3 is 0 Å². The van der Waals surface area contributed by atoms with Gasteiger partial charge in [0.25, 0.3) is 5.91 Å². The lowest BCUT2D eigenvalue weighted by molar-refractivity contribution is 0.0664. The van der Waals surface area contributed by atoms with Crippen LogP contribution in [0.25, 0.3) is 0 Å². The molecule has 0 spiro atoms. The van der Waals surface area contributed by atoms with Crippen molar-refractivity contribution < 1.29 is 14.3 Å². The Morgan fingerprint density at radius 1 is 1.50 bits per heavy atom. The maximum absolute atomic E-state index is 12.9. The van der Waals surface area contributed by atoms with Crippen LogP contribution in [0.5, 0.6) is 0 Å². The van der Waals surface area contributed by atoms with E-state index < -0.39 is 11.9 Å². The third kappa shape index (κ3) is 3.18. The Morgan fingerprint density at radius 2 is 2.36 bits per heavy atom. The molecule has 0 saturated carbocycles. The smallest absolute Gasteiger partial charge is 0.272 e. The number of aromatic nitrogens is 1. The van der Waals surface area contributed by atoms with E-state index in [1.165, 1.54) is 23.5 Å². The van der Waals surface area contributed by atoms with E-state index in [1.54, 1.807) is 4.90 Å². The lowest BCUT2D eigenvalue weighted by atomic mass is 10.1. The summed E-state index contributed by atoms with van der Waals surface area (Å²) in [7, 11) is 0.